The van der Waals surface area contributed by atoms with Crippen molar-refractivity contribution >= 4 is 23.4 Å². The summed E-state index contributed by atoms with van der Waals surface area (Å²) >= 11 is 0. The molecule has 0 unspecified atom stereocenters. The Labute approximate surface area is 133 Å². The van der Waals surface area contributed by atoms with Crippen molar-refractivity contribution in [3.05, 3.63) is 18.2 Å². The average Bonchev–Trinajstić information content (AvgIpc) is 2.86. The third-order valence-corrected chi connectivity index (χ3v) is 4.20. The molecule has 0 spiro atoms. The summed E-state index contributed by atoms with van der Waals surface area (Å²) in [6, 6.07) is 5.74. The summed E-state index contributed by atoms with van der Waals surface area (Å²) in [5.41, 5.74) is 1.26. The number of cyclic esters (lactones) is 1. The maximum absolute atomic E-state index is 12.1. The molecule has 1 aromatic carbocycles. The molecule has 0 aromatic heterocycles. The average molecular weight is 318 g/mol. The van der Waals surface area contributed by atoms with Gasteiger partial charge in [0.15, 0.2) is 6.61 Å². The molecule has 122 valence electrons. The Balaban J connectivity index is 1.44. The van der Waals surface area contributed by atoms with Gasteiger partial charge >= 0.3 is 6.09 Å². The number of anilines is 2. The molecule has 0 saturated carbocycles. The first kappa shape index (κ1) is 14.3. The summed E-state index contributed by atoms with van der Waals surface area (Å²) in [6.45, 7) is 3.05. The van der Waals surface area contributed by atoms with Crippen LogP contribution in [-0.2, 0) is 9.53 Å². The first-order valence-corrected chi connectivity index (χ1v) is 7.68. The monoisotopic (exact) mass is 318 g/mol. The molecule has 3 N–H and O–H groups in total. The number of fused-ring (bicyclic) bond motifs is 1. The highest BCUT2D eigenvalue weighted by molar-refractivity contribution is 5.97. The largest absolute Gasteiger partial charge is 0.482 e. The van der Waals surface area contributed by atoms with Crippen molar-refractivity contribution in [2.75, 3.05) is 43.0 Å². The highest BCUT2D eigenvalue weighted by atomic mass is 16.6. The molecular weight excluding hydrogens is 300 g/mol. The van der Waals surface area contributed by atoms with Crippen LogP contribution in [0.4, 0.5) is 16.2 Å². The van der Waals surface area contributed by atoms with E-state index in [1.165, 1.54) is 0 Å². The van der Waals surface area contributed by atoms with Gasteiger partial charge in [0.2, 0.25) is 0 Å². The molecule has 8 heteroatoms. The highest BCUT2D eigenvalue weighted by Gasteiger charge is 2.33. The number of carbonyl (C=O) groups excluding carboxylic acids is 2. The summed E-state index contributed by atoms with van der Waals surface area (Å²) in [4.78, 5) is 25.1. The van der Waals surface area contributed by atoms with Gasteiger partial charge in [0, 0.05) is 31.4 Å². The fourth-order valence-corrected chi connectivity index (χ4v) is 2.81. The Morgan fingerprint density at radius 2 is 2.17 bits per heavy atom. The van der Waals surface area contributed by atoms with Crippen LogP contribution in [0.3, 0.4) is 0 Å². The van der Waals surface area contributed by atoms with E-state index in [4.69, 9.17) is 9.47 Å². The van der Waals surface area contributed by atoms with E-state index in [2.05, 4.69) is 16.0 Å². The number of rotatable bonds is 4. The Hall–Kier alpha value is -2.32. The van der Waals surface area contributed by atoms with Gasteiger partial charge < -0.3 is 25.4 Å². The van der Waals surface area contributed by atoms with Crippen LogP contribution in [-0.4, -0.2) is 56.9 Å². The lowest BCUT2D eigenvalue weighted by Crippen LogP contribution is -2.56. The minimum atomic E-state index is -0.369. The van der Waals surface area contributed by atoms with Crippen LogP contribution >= 0.6 is 0 Å². The van der Waals surface area contributed by atoms with Crippen LogP contribution in [0.2, 0.25) is 0 Å². The third kappa shape index (κ3) is 2.82. The van der Waals surface area contributed by atoms with Crippen molar-refractivity contribution in [1.82, 2.24) is 10.6 Å². The molecule has 0 aliphatic carbocycles. The second kappa shape index (κ2) is 5.71. The number of hydrogen-bond acceptors (Lipinski definition) is 6. The van der Waals surface area contributed by atoms with Gasteiger partial charge in [-0.2, -0.15) is 0 Å². The van der Waals surface area contributed by atoms with Crippen molar-refractivity contribution in [3.63, 3.8) is 0 Å². The second-order valence-electron chi connectivity index (χ2n) is 5.90. The fraction of sp³-hybridized carbons (Fsp3) is 0.467. The molecule has 1 aromatic rings. The van der Waals surface area contributed by atoms with E-state index in [-0.39, 0.29) is 24.7 Å². The van der Waals surface area contributed by atoms with E-state index < -0.39 is 0 Å². The van der Waals surface area contributed by atoms with Crippen LogP contribution in [0.25, 0.3) is 0 Å². The number of carbonyl (C=O) groups is 2. The summed E-state index contributed by atoms with van der Waals surface area (Å²) in [5.74, 6) is 0.409. The van der Waals surface area contributed by atoms with Gasteiger partial charge in [-0.25, -0.2) is 4.79 Å². The quantitative estimate of drug-likeness (QED) is 0.718. The van der Waals surface area contributed by atoms with Crippen molar-refractivity contribution in [2.45, 2.75) is 12.1 Å². The zero-order valence-corrected chi connectivity index (χ0v) is 12.5. The van der Waals surface area contributed by atoms with Crippen molar-refractivity contribution in [1.29, 1.82) is 0 Å². The molecule has 23 heavy (non-hydrogen) atoms. The molecule has 1 atom stereocenters. The topological polar surface area (TPSA) is 91.9 Å². The maximum Gasteiger partial charge on any atom is 0.414 e. The lowest BCUT2D eigenvalue weighted by Gasteiger charge is -2.28. The van der Waals surface area contributed by atoms with Gasteiger partial charge in [-0.1, -0.05) is 0 Å². The molecule has 8 nitrogen and oxygen atoms in total. The summed E-state index contributed by atoms with van der Waals surface area (Å²) in [6.07, 6.45) is -0.545. The van der Waals surface area contributed by atoms with Gasteiger partial charge in [-0.15, -0.1) is 0 Å². The highest BCUT2D eigenvalue weighted by Crippen LogP contribution is 2.33. The molecule has 2 amide bonds. The normalized spacial score (nSPS) is 23.7. The molecule has 3 aliphatic heterocycles. The number of benzene rings is 1. The van der Waals surface area contributed by atoms with Crippen LogP contribution in [0.5, 0.6) is 5.75 Å². The molecule has 4 rings (SSSR count). The lowest BCUT2D eigenvalue weighted by molar-refractivity contribution is -0.118. The number of nitrogens with zero attached hydrogens (tertiary/aromatic N) is 1. The smallest absolute Gasteiger partial charge is 0.414 e. The number of hydrogen-bond donors (Lipinski definition) is 3. The number of ether oxygens (including phenoxy) is 2. The predicted octanol–water partition coefficient (Wildman–Crippen LogP) is -0.0959. The summed E-state index contributed by atoms with van der Waals surface area (Å²) < 4.78 is 10.7. The standard InChI is InChI=1S/C15H18N4O4/c20-14-8-22-13-2-1-10(3-12(13)18-14)19-7-11(23-15(19)21)6-17-9-4-16-5-9/h1-3,9,11,16-17H,4-8H2,(H,18,20)/t11-/m0/s1. The zero-order valence-electron chi connectivity index (χ0n) is 12.5. The second-order valence-corrected chi connectivity index (χ2v) is 5.90. The van der Waals surface area contributed by atoms with E-state index in [0.717, 1.165) is 13.1 Å². The van der Waals surface area contributed by atoms with Gasteiger partial charge in [0.05, 0.1) is 12.2 Å². The van der Waals surface area contributed by atoms with Crippen LogP contribution in [0.15, 0.2) is 18.2 Å². The van der Waals surface area contributed by atoms with E-state index in [1.807, 2.05) is 0 Å². The summed E-state index contributed by atoms with van der Waals surface area (Å²) in [7, 11) is 0. The van der Waals surface area contributed by atoms with E-state index in [0.29, 0.717) is 36.3 Å². The Bertz CT molecular complexity index is 646. The maximum atomic E-state index is 12.1. The predicted molar refractivity (Wildman–Crippen MR) is 82.8 cm³/mol. The SMILES string of the molecule is O=C1COc2ccc(N3C[C@H](CNC4CNC4)OC3=O)cc2N1. The van der Waals surface area contributed by atoms with Crippen LogP contribution in [0.1, 0.15) is 0 Å². The van der Waals surface area contributed by atoms with E-state index >= 15 is 0 Å². The lowest BCUT2D eigenvalue weighted by atomic mass is 10.1. The van der Waals surface area contributed by atoms with Gasteiger partial charge in [-0.3, -0.25) is 9.69 Å². The van der Waals surface area contributed by atoms with Crippen molar-refractivity contribution < 1.29 is 19.1 Å². The Morgan fingerprint density at radius 1 is 1.30 bits per heavy atom. The Morgan fingerprint density at radius 3 is 2.96 bits per heavy atom. The van der Waals surface area contributed by atoms with Gasteiger partial charge in [-0.05, 0) is 18.2 Å². The third-order valence-electron chi connectivity index (χ3n) is 4.20. The van der Waals surface area contributed by atoms with E-state index in [9.17, 15) is 9.59 Å². The van der Waals surface area contributed by atoms with Gasteiger partial charge in [0.1, 0.15) is 11.9 Å². The van der Waals surface area contributed by atoms with Crippen LogP contribution in [0, 0.1) is 0 Å². The Kier molecular flexibility index (Phi) is 3.55. The molecule has 0 bridgehead atoms. The molecule has 0 radical (unpaired) electrons. The molecule has 3 aliphatic rings. The number of amides is 2. The first-order valence-electron chi connectivity index (χ1n) is 7.68. The minimum Gasteiger partial charge on any atom is -0.482 e. The molecule has 3 heterocycles. The molecule has 2 saturated heterocycles. The minimum absolute atomic E-state index is 0.0157. The number of nitrogens with one attached hydrogen (secondary N) is 3. The fourth-order valence-electron chi connectivity index (χ4n) is 2.81. The van der Waals surface area contributed by atoms with Crippen molar-refractivity contribution in [2.24, 2.45) is 0 Å². The molecule has 2 fully saturated rings. The van der Waals surface area contributed by atoms with Crippen molar-refractivity contribution in [3.8, 4) is 5.75 Å². The molecular formula is C15H18N4O4. The first-order chi connectivity index (χ1) is 11.2. The van der Waals surface area contributed by atoms with E-state index in [1.54, 1.807) is 23.1 Å². The zero-order chi connectivity index (χ0) is 15.8. The van der Waals surface area contributed by atoms with Crippen LogP contribution < -0.4 is 25.6 Å². The summed E-state index contributed by atoms with van der Waals surface area (Å²) in [5, 5.41) is 9.29. The van der Waals surface area contributed by atoms with Gasteiger partial charge in [0.25, 0.3) is 5.91 Å².